The largest absolute Gasteiger partial charge is 0.497 e. The summed E-state index contributed by atoms with van der Waals surface area (Å²) in [6, 6.07) is 11.1. The molecule has 0 radical (unpaired) electrons. The number of methoxy groups -OCH3 is 1. The van der Waals surface area contributed by atoms with E-state index < -0.39 is 5.97 Å². The average molecular weight is 268 g/mol. The lowest BCUT2D eigenvalue weighted by atomic mass is 10.0. The van der Waals surface area contributed by atoms with Crippen LogP contribution in [0.3, 0.4) is 0 Å². The molecule has 2 N–H and O–H groups in total. The fourth-order valence-corrected chi connectivity index (χ4v) is 2.16. The number of nitrogens with one attached hydrogen (secondary N) is 1. The highest BCUT2D eigenvalue weighted by atomic mass is 16.5. The van der Waals surface area contributed by atoms with Crippen molar-refractivity contribution < 1.29 is 14.6 Å². The molecule has 0 aliphatic heterocycles. The lowest BCUT2D eigenvalue weighted by Crippen LogP contribution is -1.94. The van der Waals surface area contributed by atoms with E-state index in [9.17, 15) is 4.79 Å². The minimum Gasteiger partial charge on any atom is -0.497 e. The van der Waals surface area contributed by atoms with E-state index in [1.165, 1.54) is 0 Å². The topological polar surface area (TPSA) is 75.2 Å². The molecule has 3 rings (SSSR count). The summed E-state index contributed by atoms with van der Waals surface area (Å²) < 4.78 is 5.13. The summed E-state index contributed by atoms with van der Waals surface area (Å²) in [6.07, 6.45) is 1.66. The van der Waals surface area contributed by atoms with E-state index in [2.05, 4.69) is 9.97 Å². The molecule has 0 bridgehead atoms. The number of nitrogens with zero attached hydrogens (tertiary/aromatic N) is 1. The Labute approximate surface area is 114 Å². The highest BCUT2D eigenvalue weighted by Gasteiger charge is 2.12. The van der Waals surface area contributed by atoms with E-state index in [4.69, 9.17) is 9.84 Å². The molecule has 0 fully saturated rings. The van der Waals surface area contributed by atoms with Gasteiger partial charge in [0.1, 0.15) is 17.1 Å². The van der Waals surface area contributed by atoms with E-state index in [1.54, 1.807) is 19.4 Å². The number of aromatic nitrogens is 2. The van der Waals surface area contributed by atoms with Crippen LogP contribution in [0.15, 0.2) is 42.6 Å². The Morgan fingerprint density at radius 3 is 2.65 bits per heavy atom. The van der Waals surface area contributed by atoms with Gasteiger partial charge in [0.05, 0.1) is 7.11 Å². The molecule has 0 aliphatic rings. The van der Waals surface area contributed by atoms with Crippen molar-refractivity contribution in [3.05, 3.63) is 48.3 Å². The number of carboxylic acid groups (broad SMARTS) is 1. The van der Waals surface area contributed by atoms with Gasteiger partial charge in [-0.3, -0.25) is 0 Å². The lowest BCUT2D eigenvalue weighted by Gasteiger charge is -2.04. The quantitative estimate of drug-likeness (QED) is 0.765. The second kappa shape index (κ2) is 4.70. The molecular formula is C15H12N2O3. The number of ether oxygens (including phenoxy) is 1. The Morgan fingerprint density at radius 1 is 1.25 bits per heavy atom. The summed E-state index contributed by atoms with van der Waals surface area (Å²) in [5.74, 6) is -0.219. The van der Waals surface area contributed by atoms with Crippen molar-refractivity contribution in [1.82, 2.24) is 9.97 Å². The van der Waals surface area contributed by atoms with Crippen LogP contribution < -0.4 is 4.74 Å². The molecule has 5 heteroatoms. The van der Waals surface area contributed by atoms with Crippen LogP contribution in [0, 0.1) is 0 Å². The van der Waals surface area contributed by atoms with Gasteiger partial charge in [-0.1, -0.05) is 12.1 Å². The number of benzene rings is 1. The maximum atomic E-state index is 11.0. The van der Waals surface area contributed by atoms with Gasteiger partial charge in [0.15, 0.2) is 0 Å². The average Bonchev–Trinajstić information content (AvgIpc) is 2.91. The van der Waals surface area contributed by atoms with E-state index in [1.807, 2.05) is 30.3 Å². The first kappa shape index (κ1) is 12.2. The van der Waals surface area contributed by atoms with Gasteiger partial charge in [0.25, 0.3) is 0 Å². The summed E-state index contributed by atoms with van der Waals surface area (Å²) in [5, 5.41) is 9.83. The first-order valence-corrected chi connectivity index (χ1v) is 6.04. The van der Waals surface area contributed by atoms with E-state index in [0.29, 0.717) is 5.65 Å². The second-order valence-corrected chi connectivity index (χ2v) is 4.34. The highest BCUT2D eigenvalue weighted by Crippen LogP contribution is 2.29. The number of H-pyrrole nitrogens is 1. The number of carboxylic acids is 1. The molecule has 0 saturated heterocycles. The molecule has 2 heterocycles. The first-order chi connectivity index (χ1) is 9.69. The first-order valence-electron chi connectivity index (χ1n) is 6.04. The lowest BCUT2D eigenvalue weighted by molar-refractivity contribution is 0.0691. The number of hydrogen-bond donors (Lipinski definition) is 2. The molecule has 3 aromatic rings. The minimum atomic E-state index is -0.997. The zero-order chi connectivity index (χ0) is 14.1. The van der Waals surface area contributed by atoms with Crippen molar-refractivity contribution >= 4 is 17.0 Å². The molecule has 0 atom stereocenters. The Hall–Kier alpha value is -2.82. The summed E-state index contributed by atoms with van der Waals surface area (Å²) >= 11 is 0. The van der Waals surface area contributed by atoms with Crippen molar-refractivity contribution in [3.63, 3.8) is 0 Å². The Balaban J connectivity index is 2.16. The van der Waals surface area contributed by atoms with Gasteiger partial charge < -0.3 is 14.8 Å². The maximum Gasteiger partial charge on any atom is 0.352 e. The summed E-state index contributed by atoms with van der Waals surface area (Å²) in [6.45, 7) is 0. The van der Waals surface area contributed by atoms with Gasteiger partial charge in [-0.25, -0.2) is 9.78 Å². The summed E-state index contributed by atoms with van der Waals surface area (Å²) in [5.41, 5.74) is 2.61. The highest BCUT2D eigenvalue weighted by molar-refractivity contribution is 5.99. The maximum absolute atomic E-state index is 11.0. The van der Waals surface area contributed by atoms with Crippen molar-refractivity contribution in [2.45, 2.75) is 0 Å². The molecule has 20 heavy (non-hydrogen) atoms. The third-order valence-corrected chi connectivity index (χ3v) is 3.16. The van der Waals surface area contributed by atoms with Crippen LogP contribution in [-0.2, 0) is 0 Å². The zero-order valence-corrected chi connectivity index (χ0v) is 10.8. The van der Waals surface area contributed by atoms with Crippen molar-refractivity contribution in [3.8, 4) is 16.9 Å². The fraction of sp³-hybridized carbons (Fsp3) is 0.0667. The Kier molecular flexibility index (Phi) is 2.87. The minimum absolute atomic E-state index is 0.133. The molecule has 0 spiro atoms. The third-order valence-electron chi connectivity index (χ3n) is 3.16. The molecule has 0 unspecified atom stereocenters. The zero-order valence-electron chi connectivity index (χ0n) is 10.8. The number of hydrogen-bond acceptors (Lipinski definition) is 3. The Bertz CT molecular complexity index is 775. The molecule has 2 aromatic heterocycles. The number of rotatable bonds is 3. The van der Waals surface area contributed by atoms with Gasteiger partial charge >= 0.3 is 5.97 Å². The van der Waals surface area contributed by atoms with Crippen LogP contribution in [-0.4, -0.2) is 28.2 Å². The standard InChI is InChI=1S/C15H12N2O3/c1-20-10-4-2-9(3-5-10)11-6-7-16-14-12(11)8-13(17-14)15(18)19/h2-8H,1H3,(H,16,17)(H,18,19). The molecule has 0 amide bonds. The predicted octanol–water partition coefficient (Wildman–Crippen LogP) is 2.94. The third kappa shape index (κ3) is 1.99. The SMILES string of the molecule is COc1ccc(-c2ccnc3[nH]c(C(=O)O)cc23)cc1. The van der Waals surface area contributed by atoms with Crippen LogP contribution in [0.25, 0.3) is 22.2 Å². The van der Waals surface area contributed by atoms with E-state index in [-0.39, 0.29) is 5.69 Å². The van der Waals surface area contributed by atoms with Crippen LogP contribution in [0.2, 0.25) is 0 Å². The summed E-state index contributed by atoms with van der Waals surface area (Å²) in [4.78, 5) is 18.0. The molecule has 0 aliphatic carbocycles. The molecule has 100 valence electrons. The van der Waals surface area contributed by atoms with Gasteiger partial charge in [0, 0.05) is 11.6 Å². The predicted molar refractivity (Wildman–Crippen MR) is 75.0 cm³/mol. The van der Waals surface area contributed by atoms with Gasteiger partial charge in [0.2, 0.25) is 0 Å². The van der Waals surface area contributed by atoms with Crippen molar-refractivity contribution in [2.24, 2.45) is 0 Å². The van der Waals surface area contributed by atoms with Crippen molar-refractivity contribution in [1.29, 1.82) is 0 Å². The Morgan fingerprint density at radius 2 is 2.00 bits per heavy atom. The van der Waals surface area contributed by atoms with Crippen LogP contribution in [0.5, 0.6) is 5.75 Å². The van der Waals surface area contributed by atoms with Gasteiger partial charge in [-0.05, 0) is 35.4 Å². The monoisotopic (exact) mass is 268 g/mol. The molecule has 0 saturated carbocycles. The number of fused-ring (bicyclic) bond motifs is 1. The number of aromatic amines is 1. The van der Waals surface area contributed by atoms with E-state index >= 15 is 0 Å². The molecular weight excluding hydrogens is 256 g/mol. The number of carbonyl (C=O) groups is 1. The molecule has 1 aromatic carbocycles. The number of aromatic carboxylic acids is 1. The van der Waals surface area contributed by atoms with Gasteiger partial charge in [-0.15, -0.1) is 0 Å². The fourth-order valence-electron chi connectivity index (χ4n) is 2.16. The smallest absolute Gasteiger partial charge is 0.352 e. The molecule has 5 nitrogen and oxygen atoms in total. The number of pyridine rings is 1. The van der Waals surface area contributed by atoms with Crippen LogP contribution >= 0.6 is 0 Å². The van der Waals surface area contributed by atoms with Crippen molar-refractivity contribution in [2.75, 3.05) is 7.11 Å². The van der Waals surface area contributed by atoms with Crippen LogP contribution in [0.4, 0.5) is 0 Å². The second-order valence-electron chi connectivity index (χ2n) is 4.34. The normalized spacial score (nSPS) is 10.7. The van der Waals surface area contributed by atoms with Crippen LogP contribution in [0.1, 0.15) is 10.5 Å². The summed E-state index contributed by atoms with van der Waals surface area (Å²) in [7, 11) is 1.62. The van der Waals surface area contributed by atoms with Gasteiger partial charge in [-0.2, -0.15) is 0 Å². The van der Waals surface area contributed by atoms with E-state index in [0.717, 1.165) is 22.3 Å².